The Morgan fingerprint density at radius 1 is 1.38 bits per heavy atom. The van der Waals surface area contributed by atoms with Crippen molar-refractivity contribution in [2.24, 2.45) is 5.84 Å². The normalized spacial score (nSPS) is 10.6. The highest BCUT2D eigenvalue weighted by molar-refractivity contribution is 7.07. The lowest BCUT2D eigenvalue weighted by Gasteiger charge is -2.17. The van der Waals surface area contributed by atoms with Crippen molar-refractivity contribution in [1.29, 1.82) is 0 Å². The van der Waals surface area contributed by atoms with Crippen LogP contribution in [0, 0.1) is 0 Å². The molecule has 0 atom stereocenters. The predicted octanol–water partition coefficient (Wildman–Crippen LogP) is 1.04. The number of nitrogens with two attached hydrogens (primary N) is 1. The molecular weight excluding hydrogens is 288 g/mol. The van der Waals surface area contributed by atoms with Gasteiger partial charge in [0, 0.05) is 26.0 Å². The van der Waals surface area contributed by atoms with Crippen LogP contribution in [0.1, 0.15) is 5.56 Å². The van der Waals surface area contributed by atoms with Gasteiger partial charge in [0.1, 0.15) is 0 Å². The van der Waals surface area contributed by atoms with Crippen LogP contribution in [0.25, 0.3) is 5.95 Å². The van der Waals surface area contributed by atoms with Crippen molar-refractivity contribution in [3.05, 3.63) is 40.8 Å². The van der Waals surface area contributed by atoms with E-state index in [0.717, 1.165) is 0 Å². The molecule has 0 bridgehead atoms. The van der Waals surface area contributed by atoms with Crippen molar-refractivity contribution in [2.75, 3.05) is 17.4 Å². The van der Waals surface area contributed by atoms with Gasteiger partial charge in [-0.3, -0.25) is 5.43 Å². The van der Waals surface area contributed by atoms with Crippen LogP contribution < -0.4 is 16.2 Å². The third kappa shape index (κ3) is 2.98. The van der Waals surface area contributed by atoms with E-state index in [-0.39, 0.29) is 0 Å². The van der Waals surface area contributed by atoms with Gasteiger partial charge in [-0.05, 0) is 28.5 Å². The average molecular weight is 302 g/mol. The maximum atomic E-state index is 5.43. The van der Waals surface area contributed by atoms with E-state index in [9.17, 15) is 0 Å². The molecule has 108 valence electrons. The molecular formula is C12H14N8S. The number of nitrogens with one attached hydrogen (secondary N) is 1. The smallest absolute Gasteiger partial charge is 0.257 e. The van der Waals surface area contributed by atoms with Crippen molar-refractivity contribution in [1.82, 2.24) is 24.7 Å². The minimum Gasteiger partial charge on any atom is -0.339 e. The molecule has 3 heterocycles. The van der Waals surface area contributed by atoms with E-state index >= 15 is 0 Å². The largest absolute Gasteiger partial charge is 0.339 e. The molecule has 0 aliphatic heterocycles. The molecule has 0 spiro atoms. The van der Waals surface area contributed by atoms with Gasteiger partial charge in [0.15, 0.2) is 0 Å². The molecule has 3 aromatic rings. The van der Waals surface area contributed by atoms with Crippen LogP contribution in [0.5, 0.6) is 0 Å². The highest BCUT2D eigenvalue weighted by Gasteiger charge is 2.12. The molecule has 0 amide bonds. The minimum absolute atomic E-state index is 0.294. The molecule has 8 nitrogen and oxygen atoms in total. The van der Waals surface area contributed by atoms with Gasteiger partial charge in [0.25, 0.3) is 5.95 Å². The van der Waals surface area contributed by atoms with E-state index in [1.54, 1.807) is 34.5 Å². The zero-order valence-corrected chi connectivity index (χ0v) is 12.2. The molecule has 3 N–H and O–H groups in total. The summed E-state index contributed by atoms with van der Waals surface area (Å²) < 4.78 is 1.56. The SMILES string of the molecule is CN(Cc1ccsc1)c1nc(NN)nc(-n2cccn2)n1. The topological polar surface area (TPSA) is 97.8 Å². The van der Waals surface area contributed by atoms with Crippen molar-refractivity contribution >= 4 is 23.2 Å². The van der Waals surface area contributed by atoms with Crippen molar-refractivity contribution in [3.63, 3.8) is 0 Å². The summed E-state index contributed by atoms with van der Waals surface area (Å²) in [4.78, 5) is 14.8. The van der Waals surface area contributed by atoms with Crippen LogP contribution in [0.3, 0.4) is 0 Å². The predicted molar refractivity (Wildman–Crippen MR) is 81.2 cm³/mol. The molecule has 0 saturated carbocycles. The summed E-state index contributed by atoms with van der Waals surface area (Å²) in [6, 6.07) is 3.87. The van der Waals surface area contributed by atoms with E-state index < -0.39 is 0 Å². The van der Waals surface area contributed by atoms with E-state index in [1.165, 1.54) is 5.56 Å². The second kappa shape index (κ2) is 5.85. The number of aromatic nitrogens is 5. The number of hydrogen-bond donors (Lipinski definition) is 2. The van der Waals surface area contributed by atoms with Gasteiger partial charge in [-0.25, -0.2) is 10.5 Å². The molecule has 0 unspecified atom stereocenters. The van der Waals surface area contributed by atoms with Gasteiger partial charge in [0.05, 0.1) is 0 Å². The molecule has 0 radical (unpaired) electrons. The van der Waals surface area contributed by atoms with Gasteiger partial charge in [-0.1, -0.05) is 0 Å². The second-order valence-electron chi connectivity index (χ2n) is 4.34. The molecule has 0 aliphatic rings. The first kappa shape index (κ1) is 13.5. The Labute approximate surface area is 125 Å². The molecule has 0 aromatic carbocycles. The maximum Gasteiger partial charge on any atom is 0.257 e. The monoisotopic (exact) mass is 302 g/mol. The molecule has 0 fully saturated rings. The Hall–Kier alpha value is -2.52. The van der Waals surface area contributed by atoms with Gasteiger partial charge >= 0.3 is 0 Å². The first-order valence-electron chi connectivity index (χ1n) is 6.21. The fourth-order valence-corrected chi connectivity index (χ4v) is 2.47. The molecule has 3 rings (SSSR count). The first-order chi connectivity index (χ1) is 10.3. The third-order valence-electron chi connectivity index (χ3n) is 2.79. The first-order valence-corrected chi connectivity index (χ1v) is 7.15. The summed E-state index contributed by atoms with van der Waals surface area (Å²) in [5, 5.41) is 8.25. The fraction of sp³-hybridized carbons (Fsp3) is 0.167. The standard InChI is InChI=1S/C12H14N8S/c1-19(7-9-3-6-21-8-9)11-15-10(18-13)16-12(17-11)20-5-2-4-14-20/h2-6,8H,7,13H2,1H3,(H,15,16,17,18). The lowest BCUT2D eigenvalue weighted by atomic mass is 10.3. The lowest BCUT2D eigenvalue weighted by molar-refractivity contribution is 0.775. The summed E-state index contributed by atoms with van der Waals surface area (Å²) in [7, 11) is 1.92. The van der Waals surface area contributed by atoms with Crippen molar-refractivity contribution in [2.45, 2.75) is 6.54 Å². The van der Waals surface area contributed by atoms with Crippen LogP contribution in [0.15, 0.2) is 35.3 Å². The van der Waals surface area contributed by atoms with Gasteiger partial charge in [0.2, 0.25) is 11.9 Å². The Bertz CT molecular complexity index is 694. The number of rotatable bonds is 5. The second-order valence-corrected chi connectivity index (χ2v) is 5.12. The lowest BCUT2D eigenvalue weighted by Crippen LogP contribution is -2.22. The van der Waals surface area contributed by atoms with E-state index in [4.69, 9.17) is 5.84 Å². The van der Waals surface area contributed by atoms with E-state index in [2.05, 4.69) is 36.9 Å². The Balaban J connectivity index is 1.92. The summed E-state index contributed by atoms with van der Waals surface area (Å²) >= 11 is 1.66. The van der Waals surface area contributed by atoms with E-state index in [1.807, 2.05) is 17.3 Å². The van der Waals surface area contributed by atoms with Crippen LogP contribution in [-0.2, 0) is 6.54 Å². The number of nitrogens with zero attached hydrogens (tertiary/aromatic N) is 6. The number of nitrogen functional groups attached to an aromatic ring is 1. The zero-order valence-electron chi connectivity index (χ0n) is 11.3. The number of thiophene rings is 1. The van der Waals surface area contributed by atoms with Crippen molar-refractivity contribution in [3.8, 4) is 5.95 Å². The van der Waals surface area contributed by atoms with Crippen LogP contribution in [0.4, 0.5) is 11.9 Å². The zero-order chi connectivity index (χ0) is 14.7. The Kier molecular flexibility index (Phi) is 3.75. The average Bonchev–Trinajstić information content (AvgIpc) is 3.20. The number of anilines is 2. The maximum absolute atomic E-state index is 5.43. The van der Waals surface area contributed by atoms with Crippen LogP contribution in [-0.4, -0.2) is 31.8 Å². The molecule has 0 saturated heterocycles. The van der Waals surface area contributed by atoms with Crippen LogP contribution >= 0.6 is 11.3 Å². The third-order valence-corrected chi connectivity index (χ3v) is 3.52. The highest BCUT2D eigenvalue weighted by atomic mass is 32.1. The number of hydrogen-bond acceptors (Lipinski definition) is 8. The van der Waals surface area contributed by atoms with Gasteiger partial charge in [-0.15, -0.1) is 0 Å². The van der Waals surface area contributed by atoms with Gasteiger partial charge in [-0.2, -0.15) is 31.4 Å². The van der Waals surface area contributed by atoms with Crippen LogP contribution in [0.2, 0.25) is 0 Å². The quantitative estimate of drug-likeness (QED) is 0.537. The Morgan fingerprint density at radius 3 is 2.95 bits per heavy atom. The highest BCUT2D eigenvalue weighted by Crippen LogP contribution is 2.15. The molecule has 9 heteroatoms. The number of hydrazine groups is 1. The fourth-order valence-electron chi connectivity index (χ4n) is 1.81. The molecule has 3 aromatic heterocycles. The summed E-state index contributed by atoms with van der Waals surface area (Å²) in [5.41, 5.74) is 3.66. The summed E-state index contributed by atoms with van der Waals surface area (Å²) in [6.07, 6.45) is 3.42. The summed E-state index contributed by atoms with van der Waals surface area (Å²) in [5.74, 6) is 6.66. The van der Waals surface area contributed by atoms with Gasteiger partial charge < -0.3 is 4.90 Å². The Morgan fingerprint density at radius 2 is 2.29 bits per heavy atom. The molecule has 21 heavy (non-hydrogen) atoms. The minimum atomic E-state index is 0.294. The molecule has 0 aliphatic carbocycles. The van der Waals surface area contributed by atoms with E-state index in [0.29, 0.717) is 24.4 Å². The summed E-state index contributed by atoms with van der Waals surface area (Å²) in [6.45, 7) is 0.704. The van der Waals surface area contributed by atoms with Crippen molar-refractivity contribution < 1.29 is 0 Å².